The molecule has 2 saturated heterocycles. The van der Waals surface area contributed by atoms with E-state index in [0.717, 1.165) is 13.1 Å². The molecule has 0 aromatic rings. The van der Waals surface area contributed by atoms with Gasteiger partial charge in [-0.25, -0.2) is 0 Å². The Morgan fingerprint density at radius 1 is 1.10 bits per heavy atom. The van der Waals surface area contributed by atoms with Crippen LogP contribution in [0.5, 0.6) is 0 Å². The van der Waals surface area contributed by atoms with Gasteiger partial charge in [0.05, 0.1) is 6.54 Å². The smallest absolute Gasteiger partial charge is 0.236 e. The van der Waals surface area contributed by atoms with Crippen molar-refractivity contribution in [1.82, 2.24) is 9.80 Å². The van der Waals surface area contributed by atoms with Crippen molar-refractivity contribution in [2.75, 3.05) is 32.7 Å². The Balaban J connectivity index is 1.79. The van der Waals surface area contributed by atoms with Crippen LogP contribution in [0.3, 0.4) is 0 Å². The third kappa shape index (κ3) is 3.95. The zero-order valence-electron chi connectivity index (χ0n) is 12.7. The van der Waals surface area contributed by atoms with Gasteiger partial charge in [-0.1, -0.05) is 13.8 Å². The Bertz CT molecular complexity index is 354. The third-order valence-electron chi connectivity index (χ3n) is 4.55. The first kappa shape index (κ1) is 15.3. The lowest BCUT2D eigenvalue weighted by Gasteiger charge is -2.37. The molecule has 2 atom stereocenters. The van der Waals surface area contributed by atoms with Gasteiger partial charge in [-0.2, -0.15) is 0 Å². The van der Waals surface area contributed by atoms with Gasteiger partial charge in [-0.3, -0.25) is 14.5 Å². The first-order valence-corrected chi connectivity index (χ1v) is 7.75. The Morgan fingerprint density at radius 3 is 2.15 bits per heavy atom. The Morgan fingerprint density at radius 2 is 1.65 bits per heavy atom. The molecular weight excluding hydrogens is 254 g/mol. The van der Waals surface area contributed by atoms with E-state index in [-0.39, 0.29) is 17.7 Å². The van der Waals surface area contributed by atoms with Gasteiger partial charge in [0.25, 0.3) is 0 Å². The van der Waals surface area contributed by atoms with E-state index >= 15 is 0 Å². The average Bonchev–Trinajstić information content (AvgIpc) is 2.37. The molecule has 0 bridgehead atoms. The number of amides is 2. The summed E-state index contributed by atoms with van der Waals surface area (Å²) < 4.78 is 0. The minimum absolute atomic E-state index is 0.0471. The molecule has 2 heterocycles. The number of nitrogens with two attached hydrogens (primary N) is 1. The van der Waals surface area contributed by atoms with Gasteiger partial charge < -0.3 is 10.6 Å². The standard InChI is InChI=1S/C15H27N3O2/c1-11-7-12(2)9-17(8-11)10-14(19)18-5-3-13(4-6-18)15(16)20/h11-13H,3-10H2,1-2H3,(H2,16,20)/t11-,12-/m1/s1. The number of hydrogen-bond acceptors (Lipinski definition) is 3. The largest absolute Gasteiger partial charge is 0.369 e. The van der Waals surface area contributed by atoms with Gasteiger partial charge in [0, 0.05) is 32.1 Å². The van der Waals surface area contributed by atoms with Crippen LogP contribution in [-0.4, -0.2) is 54.3 Å². The lowest BCUT2D eigenvalue weighted by Crippen LogP contribution is -2.48. The first-order chi connectivity index (χ1) is 9.45. The average molecular weight is 281 g/mol. The summed E-state index contributed by atoms with van der Waals surface area (Å²) in [5, 5.41) is 0. The number of nitrogens with zero attached hydrogens (tertiary/aromatic N) is 2. The fourth-order valence-electron chi connectivity index (χ4n) is 3.63. The van der Waals surface area contributed by atoms with Crippen LogP contribution in [0.25, 0.3) is 0 Å². The Hall–Kier alpha value is -1.10. The summed E-state index contributed by atoms with van der Waals surface area (Å²) in [4.78, 5) is 27.6. The van der Waals surface area contributed by atoms with Crippen molar-refractivity contribution in [3.8, 4) is 0 Å². The highest BCUT2D eigenvalue weighted by Crippen LogP contribution is 2.21. The number of hydrogen-bond donors (Lipinski definition) is 1. The molecular formula is C15H27N3O2. The lowest BCUT2D eigenvalue weighted by atomic mass is 9.92. The fraction of sp³-hybridized carbons (Fsp3) is 0.867. The Labute approximate surface area is 121 Å². The fourth-order valence-corrected chi connectivity index (χ4v) is 3.63. The lowest BCUT2D eigenvalue weighted by molar-refractivity contribution is -0.136. The van der Waals surface area contributed by atoms with E-state index in [1.54, 1.807) is 0 Å². The number of carbonyl (C=O) groups excluding carboxylic acids is 2. The second-order valence-corrected chi connectivity index (χ2v) is 6.70. The molecule has 2 aliphatic heterocycles. The third-order valence-corrected chi connectivity index (χ3v) is 4.55. The minimum Gasteiger partial charge on any atom is -0.369 e. The van der Waals surface area contributed by atoms with Crippen LogP contribution in [0.15, 0.2) is 0 Å². The van der Waals surface area contributed by atoms with E-state index in [0.29, 0.717) is 44.3 Å². The van der Waals surface area contributed by atoms with Crippen molar-refractivity contribution in [3.05, 3.63) is 0 Å². The zero-order chi connectivity index (χ0) is 14.7. The molecule has 5 nitrogen and oxygen atoms in total. The molecule has 0 unspecified atom stereocenters. The predicted octanol–water partition coefficient (Wildman–Crippen LogP) is 0.688. The van der Waals surface area contributed by atoms with E-state index in [4.69, 9.17) is 5.73 Å². The van der Waals surface area contributed by atoms with Gasteiger partial charge >= 0.3 is 0 Å². The van der Waals surface area contributed by atoms with E-state index in [9.17, 15) is 9.59 Å². The van der Waals surface area contributed by atoms with Crippen LogP contribution in [-0.2, 0) is 9.59 Å². The highest BCUT2D eigenvalue weighted by atomic mass is 16.2. The number of rotatable bonds is 3. The second kappa shape index (κ2) is 6.57. The van der Waals surface area contributed by atoms with E-state index in [1.807, 2.05) is 4.90 Å². The molecule has 0 saturated carbocycles. The normalized spacial score (nSPS) is 29.4. The van der Waals surface area contributed by atoms with Crippen molar-refractivity contribution < 1.29 is 9.59 Å². The van der Waals surface area contributed by atoms with Gasteiger partial charge in [0.2, 0.25) is 11.8 Å². The van der Waals surface area contributed by atoms with Gasteiger partial charge in [0.15, 0.2) is 0 Å². The summed E-state index contributed by atoms with van der Waals surface area (Å²) in [6, 6.07) is 0. The highest BCUT2D eigenvalue weighted by Gasteiger charge is 2.28. The van der Waals surface area contributed by atoms with Crippen LogP contribution in [0.1, 0.15) is 33.1 Å². The van der Waals surface area contributed by atoms with E-state index in [2.05, 4.69) is 18.7 Å². The number of likely N-dealkylation sites (tertiary alicyclic amines) is 2. The van der Waals surface area contributed by atoms with E-state index in [1.165, 1.54) is 6.42 Å². The van der Waals surface area contributed by atoms with E-state index < -0.39 is 0 Å². The molecule has 0 aromatic heterocycles. The van der Waals surface area contributed by atoms with Crippen LogP contribution < -0.4 is 5.73 Å². The van der Waals surface area contributed by atoms with Crippen LogP contribution in [0.4, 0.5) is 0 Å². The van der Waals surface area contributed by atoms with Crippen LogP contribution >= 0.6 is 0 Å². The van der Waals surface area contributed by atoms with Gasteiger partial charge in [0.1, 0.15) is 0 Å². The topological polar surface area (TPSA) is 66.6 Å². The second-order valence-electron chi connectivity index (χ2n) is 6.70. The van der Waals surface area contributed by atoms with Crippen molar-refractivity contribution in [3.63, 3.8) is 0 Å². The highest BCUT2D eigenvalue weighted by molar-refractivity contribution is 5.80. The first-order valence-electron chi connectivity index (χ1n) is 7.75. The SMILES string of the molecule is C[C@@H]1C[C@@H](C)CN(CC(=O)N2CCC(C(N)=O)CC2)C1. The van der Waals surface area contributed by atoms with Gasteiger partial charge in [-0.15, -0.1) is 0 Å². The minimum atomic E-state index is -0.226. The molecule has 0 aliphatic carbocycles. The monoisotopic (exact) mass is 281 g/mol. The molecule has 2 rings (SSSR count). The maximum Gasteiger partial charge on any atom is 0.236 e. The molecule has 0 spiro atoms. The summed E-state index contributed by atoms with van der Waals surface area (Å²) in [7, 11) is 0. The molecule has 0 radical (unpaired) electrons. The molecule has 2 amide bonds. The van der Waals surface area contributed by atoms with Crippen LogP contribution in [0.2, 0.25) is 0 Å². The molecule has 20 heavy (non-hydrogen) atoms. The summed E-state index contributed by atoms with van der Waals surface area (Å²) in [6.07, 6.45) is 2.69. The zero-order valence-corrected chi connectivity index (χ0v) is 12.7. The number of primary amides is 1. The van der Waals surface area contributed by atoms with Crippen molar-refractivity contribution in [2.45, 2.75) is 33.1 Å². The number of carbonyl (C=O) groups is 2. The Kier molecular flexibility index (Phi) is 5.02. The maximum atomic E-state index is 12.3. The molecule has 2 aliphatic rings. The van der Waals surface area contributed by atoms with Gasteiger partial charge in [-0.05, 0) is 31.1 Å². The molecule has 114 valence electrons. The summed E-state index contributed by atoms with van der Waals surface area (Å²) in [5.41, 5.74) is 5.32. The molecule has 5 heteroatoms. The predicted molar refractivity (Wildman–Crippen MR) is 77.9 cm³/mol. The summed E-state index contributed by atoms with van der Waals surface area (Å²) >= 11 is 0. The van der Waals surface area contributed by atoms with Crippen molar-refractivity contribution in [2.24, 2.45) is 23.5 Å². The molecule has 2 fully saturated rings. The quantitative estimate of drug-likeness (QED) is 0.827. The number of piperidine rings is 2. The molecule has 0 aromatic carbocycles. The summed E-state index contributed by atoms with van der Waals surface area (Å²) in [6.45, 7) is 8.42. The maximum absolute atomic E-state index is 12.3. The van der Waals surface area contributed by atoms with Crippen molar-refractivity contribution >= 4 is 11.8 Å². The van der Waals surface area contributed by atoms with Crippen LogP contribution in [0, 0.1) is 17.8 Å². The van der Waals surface area contributed by atoms with Crippen molar-refractivity contribution in [1.29, 1.82) is 0 Å². The molecule has 2 N–H and O–H groups in total. The summed E-state index contributed by atoms with van der Waals surface area (Å²) in [5.74, 6) is 1.28.